The van der Waals surface area contributed by atoms with Gasteiger partial charge in [0.1, 0.15) is 0 Å². The van der Waals surface area contributed by atoms with E-state index in [1.165, 1.54) is 99.1 Å². The molecule has 1 aromatic heterocycles. The van der Waals surface area contributed by atoms with Crippen molar-refractivity contribution in [1.82, 2.24) is 4.57 Å². The molecule has 2 aliphatic rings. The highest BCUT2D eigenvalue weighted by Gasteiger charge is 2.40. The van der Waals surface area contributed by atoms with Crippen LogP contribution < -0.4 is 4.90 Å². The average Bonchev–Trinajstić information content (AvgIpc) is 3.55. The van der Waals surface area contributed by atoms with Crippen molar-refractivity contribution in [3.8, 4) is 16.8 Å². The Morgan fingerprint density at radius 1 is 0.491 bits per heavy atom. The van der Waals surface area contributed by atoms with Crippen molar-refractivity contribution in [2.75, 3.05) is 4.90 Å². The van der Waals surface area contributed by atoms with E-state index < -0.39 is 0 Å². The smallest absolute Gasteiger partial charge is 0.0545 e. The Morgan fingerprint density at radius 2 is 1.04 bits per heavy atom. The van der Waals surface area contributed by atoms with Crippen LogP contribution >= 0.6 is 0 Å². The fourth-order valence-corrected chi connectivity index (χ4v) is 9.65. The molecule has 0 radical (unpaired) electrons. The number of hydrogen-bond donors (Lipinski definition) is 0. The number of fused-ring (bicyclic) bond motifs is 11. The minimum atomic E-state index is -0.207. The molecular formula is C51H38N2. The molecule has 2 heteroatoms. The zero-order valence-electron chi connectivity index (χ0n) is 30.0. The van der Waals surface area contributed by atoms with Crippen LogP contribution in [-0.2, 0) is 5.41 Å². The fourth-order valence-electron chi connectivity index (χ4n) is 9.65. The number of hydrogen-bond acceptors (Lipinski definition) is 1. The number of nitrogens with zero attached hydrogens (tertiary/aromatic N) is 2. The van der Waals surface area contributed by atoms with Crippen LogP contribution in [0.4, 0.5) is 11.4 Å². The van der Waals surface area contributed by atoms with Crippen LogP contribution in [0.3, 0.4) is 0 Å². The van der Waals surface area contributed by atoms with Gasteiger partial charge in [0.25, 0.3) is 0 Å². The summed E-state index contributed by atoms with van der Waals surface area (Å²) in [7, 11) is 0. The number of benzene rings is 8. The highest BCUT2D eigenvalue weighted by Crippen LogP contribution is 2.55. The van der Waals surface area contributed by atoms with E-state index in [9.17, 15) is 0 Å². The number of para-hydroxylation sites is 2. The number of rotatable bonds is 3. The molecule has 0 N–H and O–H groups in total. The summed E-state index contributed by atoms with van der Waals surface area (Å²) in [6.07, 6.45) is 6.86. The summed E-state index contributed by atoms with van der Waals surface area (Å²) < 4.78 is 2.47. The van der Waals surface area contributed by atoms with E-state index in [2.05, 4.69) is 193 Å². The van der Waals surface area contributed by atoms with Gasteiger partial charge in [-0.3, -0.25) is 0 Å². The van der Waals surface area contributed by atoms with E-state index in [0.717, 1.165) is 12.8 Å². The zero-order chi connectivity index (χ0) is 35.3. The lowest BCUT2D eigenvalue weighted by Gasteiger charge is -2.44. The Hall–Kier alpha value is -6.38. The van der Waals surface area contributed by atoms with Gasteiger partial charge in [-0.05, 0) is 122 Å². The van der Waals surface area contributed by atoms with Gasteiger partial charge >= 0.3 is 0 Å². The molecule has 0 fully saturated rings. The standard InChI is InChI=1S/C51H38N2/c1-51(2)44-23-13-14-24-46(44)53(36-17-7-4-8-18-36)48-30-29-47-49(50(48)51)43-32-34(26-28-45(43)52(47)35-15-5-3-6-16-35)33-25-27-41-39-21-10-9-19-37(39)38-20-11-12-22-40(38)42(41)31-33/h3-13,15-23,25-32H,14,24H2,1-2H3. The van der Waals surface area contributed by atoms with Crippen LogP contribution in [0.2, 0.25) is 0 Å². The van der Waals surface area contributed by atoms with Crippen LogP contribution in [0.1, 0.15) is 32.3 Å². The Morgan fingerprint density at radius 3 is 1.72 bits per heavy atom. The first-order valence-corrected chi connectivity index (χ1v) is 18.8. The Balaban J connectivity index is 1.22. The first-order valence-electron chi connectivity index (χ1n) is 18.8. The molecule has 2 nitrogen and oxygen atoms in total. The summed E-state index contributed by atoms with van der Waals surface area (Å²) in [4.78, 5) is 2.55. The second kappa shape index (κ2) is 11.3. The first kappa shape index (κ1) is 30.3. The second-order valence-electron chi connectivity index (χ2n) is 15.2. The predicted molar refractivity (Wildman–Crippen MR) is 226 cm³/mol. The molecular weight excluding hydrogens is 641 g/mol. The molecule has 9 aromatic rings. The van der Waals surface area contributed by atoms with E-state index in [1.54, 1.807) is 0 Å². The van der Waals surface area contributed by atoms with Gasteiger partial charge < -0.3 is 9.47 Å². The van der Waals surface area contributed by atoms with Gasteiger partial charge in [-0.25, -0.2) is 0 Å². The highest BCUT2D eigenvalue weighted by atomic mass is 15.2. The van der Waals surface area contributed by atoms with Crippen molar-refractivity contribution >= 4 is 65.5 Å². The Labute approximate surface area is 309 Å². The first-order chi connectivity index (χ1) is 26.1. The van der Waals surface area contributed by atoms with Crippen LogP contribution in [0.15, 0.2) is 181 Å². The second-order valence-corrected chi connectivity index (χ2v) is 15.2. The number of allylic oxidation sites excluding steroid dienone is 4. The molecule has 0 atom stereocenters. The Kier molecular flexibility index (Phi) is 6.46. The van der Waals surface area contributed by atoms with Gasteiger partial charge in [0, 0.05) is 33.3 Å². The molecule has 252 valence electrons. The molecule has 0 saturated heterocycles. The molecule has 0 spiro atoms. The molecule has 11 rings (SSSR count). The van der Waals surface area contributed by atoms with Crippen molar-refractivity contribution in [3.63, 3.8) is 0 Å². The minimum Gasteiger partial charge on any atom is -0.314 e. The van der Waals surface area contributed by atoms with Crippen LogP contribution in [0.25, 0.3) is 70.9 Å². The summed E-state index contributed by atoms with van der Waals surface area (Å²) in [6.45, 7) is 4.87. The third-order valence-corrected chi connectivity index (χ3v) is 12.0. The molecule has 0 unspecified atom stereocenters. The van der Waals surface area contributed by atoms with E-state index in [0.29, 0.717) is 0 Å². The SMILES string of the molecule is CC1(C)C2=C(CCC=C2)N(c2ccccc2)c2ccc3c(c21)c1cc(-c2ccc4c5ccccc5c5ccccc5c4c2)ccc1n3-c1ccccc1. The lowest BCUT2D eigenvalue weighted by atomic mass is 9.70. The third kappa shape index (κ3) is 4.33. The predicted octanol–water partition coefficient (Wildman–Crippen LogP) is 13.9. The molecule has 1 aliphatic heterocycles. The molecule has 2 heterocycles. The quantitative estimate of drug-likeness (QED) is 0.169. The summed E-state index contributed by atoms with van der Waals surface area (Å²) in [5.74, 6) is 0. The maximum absolute atomic E-state index is 2.55. The summed E-state index contributed by atoms with van der Waals surface area (Å²) in [5.41, 5.74) is 12.6. The maximum Gasteiger partial charge on any atom is 0.0545 e. The van der Waals surface area contributed by atoms with Crippen molar-refractivity contribution in [2.24, 2.45) is 0 Å². The molecule has 0 amide bonds. The lowest BCUT2D eigenvalue weighted by Crippen LogP contribution is -2.35. The summed E-state index contributed by atoms with van der Waals surface area (Å²) in [6, 6.07) is 58.5. The van der Waals surface area contributed by atoms with Crippen LogP contribution in [-0.4, -0.2) is 4.57 Å². The zero-order valence-corrected chi connectivity index (χ0v) is 30.0. The molecule has 0 bridgehead atoms. The monoisotopic (exact) mass is 678 g/mol. The van der Waals surface area contributed by atoms with Gasteiger partial charge in [0.05, 0.1) is 16.7 Å². The largest absolute Gasteiger partial charge is 0.314 e. The van der Waals surface area contributed by atoms with Gasteiger partial charge in [-0.2, -0.15) is 0 Å². The molecule has 8 aromatic carbocycles. The molecule has 1 aliphatic carbocycles. The van der Waals surface area contributed by atoms with Gasteiger partial charge in [0.15, 0.2) is 0 Å². The number of aromatic nitrogens is 1. The van der Waals surface area contributed by atoms with E-state index >= 15 is 0 Å². The number of anilines is 2. The third-order valence-electron chi connectivity index (χ3n) is 12.0. The van der Waals surface area contributed by atoms with Gasteiger partial charge in [-0.1, -0.05) is 129 Å². The van der Waals surface area contributed by atoms with Crippen molar-refractivity contribution in [1.29, 1.82) is 0 Å². The topological polar surface area (TPSA) is 8.17 Å². The Bertz CT molecular complexity index is 2980. The maximum atomic E-state index is 2.55. The van der Waals surface area contributed by atoms with E-state index in [-0.39, 0.29) is 5.41 Å². The fraction of sp³-hybridized carbons (Fsp3) is 0.0980. The summed E-state index contributed by atoms with van der Waals surface area (Å²) in [5, 5.41) is 10.4. The van der Waals surface area contributed by atoms with Gasteiger partial charge in [-0.15, -0.1) is 0 Å². The lowest BCUT2D eigenvalue weighted by molar-refractivity contribution is 0.609. The van der Waals surface area contributed by atoms with E-state index in [1.807, 2.05) is 0 Å². The van der Waals surface area contributed by atoms with Crippen molar-refractivity contribution < 1.29 is 0 Å². The van der Waals surface area contributed by atoms with Gasteiger partial charge in [0.2, 0.25) is 0 Å². The van der Waals surface area contributed by atoms with E-state index in [4.69, 9.17) is 0 Å². The minimum absolute atomic E-state index is 0.207. The average molecular weight is 679 g/mol. The molecule has 53 heavy (non-hydrogen) atoms. The highest BCUT2D eigenvalue weighted by molar-refractivity contribution is 6.26. The van der Waals surface area contributed by atoms with Crippen LogP contribution in [0, 0.1) is 0 Å². The van der Waals surface area contributed by atoms with Crippen LogP contribution in [0.5, 0.6) is 0 Å². The summed E-state index contributed by atoms with van der Waals surface area (Å²) >= 11 is 0. The van der Waals surface area contributed by atoms with Crippen molar-refractivity contribution in [3.05, 3.63) is 187 Å². The molecule has 0 saturated carbocycles. The normalized spacial score (nSPS) is 15.2. The van der Waals surface area contributed by atoms with Crippen molar-refractivity contribution in [2.45, 2.75) is 32.1 Å².